The molecule has 104 valence electrons. The van der Waals surface area contributed by atoms with Gasteiger partial charge in [-0.1, -0.05) is 0 Å². The van der Waals surface area contributed by atoms with Gasteiger partial charge in [0, 0.05) is 17.8 Å². The summed E-state index contributed by atoms with van der Waals surface area (Å²) in [6, 6.07) is 0. The molecule has 2 heterocycles. The fourth-order valence-electron chi connectivity index (χ4n) is 1.60. The van der Waals surface area contributed by atoms with E-state index in [1.165, 1.54) is 6.20 Å². The van der Waals surface area contributed by atoms with Crippen molar-refractivity contribution in [3.05, 3.63) is 29.1 Å². The number of sulfonamides is 1. The molecule has 2 rings (SSSR count). The number of hydrogen-bond acceptors (Lipinski definition) is 6. The molecule has 9 heteroatoms. The van der Waals surface area contributed by atoms with Crippen LogP contribution in [0.4, 0.5) is 0 Å². The standard InChI is InChI=1S/C10H15N5O3S/c1-6-4-12-9(18-6)5-13-19(16,17)10-8(3-11)7(2)14-15-10/h4,13H,3,5,11H2,1-2H3,(H,14,15). The predicted molar refractivity (Wildman–Crippen MR) is 66.5 cm³/mol. The number of hydrogen-bond donors (Lipinski definition) is 3. The number of H-pyrrole nitrogens is 1. The van der Waals surface area contributed by atoms with Crippen LogP contribution in [0.1, 0.15) is 22.9 Å². The maximum atomic E-state index is 12.1. The molecule has 0 saturated carbocycles. The van der Waals surface area contributed by atoms with Gasteiger partial charge in [-0.3, -0.25) is 5.10 Å². The molecule has 2 aromatic heterocycles. The van der Waals surface area contributed by atoms with E-state index >= 15 is 0 Å². The Kier molecular flexibility index (Phi) is 3.69. The van der Waals surface area contributed by atoms with Gasteiger partial charge >= 0.3 is 0 Å². The van der Waals surface area contributed by atoms with Crippen LogP contribution in [0, 0.1) is 13.8 Å². The van der Waals surface area contributed by atoms with Crippen LogP contribution in [-0.2, 0) is 23.1 Å². The van der Waals surface area contributed by atoms with Crippen molar-refractivity contribution >= 4 is 10.0 Å². The minimum atomic E-state index is -3.74. The fourth-order valence-corrected chi connectivity index (χ4v) is 2.78. The minimum absolute atomic E-state index is 0.0356. The first kappa shape index (κ1) is 13.7. The molecule has 4 N–H and O–H groups in total. The molecule has 0 fully saturated rings. The summed E-state index contributed by atoms with van der Waals surface area (Å²) < 4.78 is 31.7. The van der Waals surface area contributed by atoms with Gasteiger partial charge in [0.15, 0.2) is 5.03 Å². The van der Waals surface area contributed by atoms with Crippen molar-refractivity contribution in [3.63, 3.8) is 0 Å². The first-order chi connectivity index (χ1) is 8.94. The molecule has 0 aromatic carbocycles. The average molecular weight is 285 g/mol. The molecule has 8 nitrogen and oxygen atoms in total. The van der Waals surface area contributed by atoms with E-state index < -0.39 is 10.0 Å². The summed E-state index contributed by atoms with van der Waals surface area (Å²) in [5, 5.41) is 6.29. The molecule has 0 unspecified atom stereocenters. The van der Waals surface area contributed by atoms with Crippen molar-refractivity contribution in [2.24, 2.45) is 5.73 Å². The molecule has 0 aliphatic carbocycles. The molecule has 0 bridgehead atoms. The lowest BCUT2D eigenvalue weighted by atomic mass is 10.3. The fraction of sp³-hybridized carbons (Fsp3) is 0.400. The highest BCUT2D eigenvalue weighted by Crippen LogP contribution is 2.15. The minimum Gasteiger partial charge on any atom is -0.445 e. The second kappa shape index (κ2) is 5.11. The smallest absolute Gasteiger partial charge is 0.260 e. The van der Waals surface area contributed by atoms with Crippen molar-refractivity contribution in [3.8, 4) is 0 Å². The number of aryl methyl sites for hydroxylation is 2. The van der Waals surface area contributed by atoms with E-state index in [-0.39, 0.29) is 18.1 Å². The highest BCUT2D eigenvalue weighted by molar-refractivity contribution is 7.89. The number of aromatic nitrogens is 3. The zero-order chi connectivity index (χ0) is 14.0. The number of rotatable bonds is 5. The number of oxazole rings is 1. The average Bonchev–Trinajstić information content (AvgIpc) is 2.93. The van der Waals surface area contributed by atoms with Crippen LogP contribution in [0.2, 0.25) is 0 Å². The number of aromatic amines is 1. The van der Waals surface area contributed by atoms with E-state index in [1.807, 2.05) is 0 Å². The van der Waals surface area contributed by atoms with E-state index in [0.717, 1.165) is 0 Å². The molecule has 0 atom stereocenters. The van der Waals surface area contributed by atoms with Gasteiger partial charge in [0.2, 0.25) is 5.89 Å². The van der Waals surface area contributed by atoms with Crippen molar-refractivity contribution in [2.75, 3.05) is 0 Å². The number of nitrogens with two attached hydrogens (primary N) is 1. The van der Waals surface area contributed by atoms with Crippen LogP contribution in [0.3, 0.4) is 0 Å². The molecular formula is C10H15N5O3S. The second-order valence-corrected chi connectivity index (χ2v) is 5.71. The molecule has 0 amide bonds. The van der Waals surface area contributed by atoms with Gasteiger partial charge in [-0.25, -0.2) is 18.1 Å². The lowest BCUT2D eigenvalue weighted by Gasteiger charge is -2.04. The van der Waals surface area contributed by atoms with Crippen LogP contribution < -0.4 is 10.5 Å². The summed E-state index contributed by atoms with van der Waals surface area (Å²) in [5.41, 5.74) is 6.62. The summed E-state index contributed by atoms with van der Waals surface area (Å²) in [6.07, 6.45) is 1.52. The maximum absolute atomic E-state index is 12.1. The molecule has 19 heavy (non-hydrogen) atoms. The van der Waals surface area contributed by atoms with Gasteiger partial charge in [-0.05, 0) is 13.8 Å². The van der Waals surface area contributed by atoms with Crippen molar-refractivity contribution in [1.82, 2.24) is 19.9 Å². The monoisotopic (exact) mass is 285 g/mol. The molecule has 0 aliphatic heterocycles. The summed E-state index contributed by atoms with van der Waals surface area (Å²) in [4.78, 5) is 3.91. The SMILES string of the molecule is Cc1cnc(CNS(=O)(=O)c2n[nH]c(C)c2CN)o1. The third-order valence-electron chi connectivity index (χ3n) is 2.58. The molecule has 0 aliphatic rings. The van der Waals surface area contributed by atoms with Crippen LogP contribution >= 0.6 is 0 Å². The lowest BCUT2D eigenvalue weighted by molar-refractivity contribution is 0.463. The third kappa shape index (κ3) is 2.83. The summed E-state index contributed by atoms with van der Waals surface area (Å²) in [7, 11) is -3.74. The Hall–Kier alpha value is -1.71. The normalized spacial score (nSPS) is 11.9. The van der Waals surface area contributed by atoms with Crippen molar-refractivity contribution < 1.29 is 12.8 Å². The number of nitrogens with zero attached hydrogens (tertiary/aromatic N) is 2. The quantitative estimate of drug-likeness (QED) is 0.707. The van der Waals surface area contributed by atoms with Gasteiger partial charge in [-0.15, -0.1) is 0 Å². The topological polar surface area (TPSA) is 127 Å². The van der Waals surface area contributed by atoms with Crippen molar-refractivity contribution in [1.29, 1.82) is 0 Å². The van der Waals surface area contributed by atoms with Crippen LogP contribution in [0.25, 0.3) is 0 Å². The van der Waals surface area contributed by atoms with Gasteiger partial charge in [0.25, 0.3) is 10.0 Å². The summed E-state index contributed by atoms with van der Waals surface area (Å²) in [5.74, 6) is 0.912. The Bertz CT molecular complexity index is 673. The van der Waals surface area contributed by atoms with Crippen LogP contribution in [-0.4, -0.2) is 23.6 Å². The Labute approximate surface area is 110 Å². The zero-order valence-corrected chi connectivity index (χ0v) is 11.4. The van der Waals surface area contributed by atoms with Crippen LogP contribution in [0.5, 0.6) is 0 Å². The van der Waals surface area contributed by atoms with E-state index in [2.05, 4.69) is 19.9 Å². The molecule has 0 radical (unpaired) electrons. The van der Waals surface area contributed by atoms with E-state index in [1.54, 1.807) is 13.8 Å². The zero-order valence-electron chi connectivity index (χ0n) is 10.6. The Morgan fingerprint density at radius 2 is 2.21 bits per heavy atom. The van der Waals surface area contributed by atoms with Crippen molar-refractivity contribution in [2.45, 2.75) is 32.0 Å². The maximum Gasteiger partial charge on any atom is 0.260 e. The molecule has 0 saturated heterocycles. The predicted octanol–water partition coefficient (Wildman–Crippen LogP) is -0.0483. The van der Waals surface area contributed by atoms with Gasteiger partial charge < -0.3 is 10.2 Å². The highest BCUT2D eigenvalue weighted by Gasteiger charge is 2.23. The Balaban J connectivity index is 2.18. The Morgan fingerprint density at radius 1 is 1.47 bits per heavy atom. The van der Waals surface area contributed by atoms with Gasteiger partial charge in [0.05, 0.1) is 12.7 Å². The van der Waals surface area contributed by atoms with E-state index in [0.29, 0.717) is 22.9 Å². The molecule has 2 aromatic rings. The second-order valence-electron chi connectivity index (χ2n) is 4.03. The highest BCUT2D eigenvalue weighted by atomic mass is 32.2. The lowest BCUT2D eigenvalue weighted by Crippen LogP contribution is -2.25. The van der Waals surface area contributed by atoms with E-state index in [4.69, 9.17) is 10.2 Å². The molecule has 0 spiro atoms. The van der Waals surface area contributed by atoms with E-state index in [9.17, 15) is 8.42 Å². The van der Waals surface area contributed by atoms with Gasteiger partial charge in [0.1, 0.15) is 5.76 Å². The first-order valence-corrected chi connectivity index (χ1v) is 7.07. The summed E-state index contributed by atoms with van der Waals surface area (Å²) >= 11 is 0. The molecular weight excluding hydrogens is 270 g/mol. The van der Waals surface area contributed by atoms with Gasteiger partial charge in [-0.2, -0.15) is 5.10 Å². The summed E-state index contributed by atoms with van der Waals surface area (Å²) in [6.45, 7) is 3.50. The largest absolute Gasteiger partial charge is 0.445 e. The number of nitrogens with one attached hydrogen (secondary N) is 2. The third-order valence-corrected chi connectivity index (χ3v) is 3.95. The first-order valence-electron chi connectivity index (χ1n) is 5.59. The van der Waals surface area contributed by atoms with Crippen LogP contribution in [0.15, 0.2) is 15.6 Å². The Morgan fingerprint density at radius 3 is 2.79 bits per heavy atom.